The molecule has 0 spiro atoms. The fourth-order valence-corrected chi connectivity index (χ4v) is 2.15. The predicted molar refractivity (Wildman–Crippen MR) is 64.4 cm³/mol. The highest BCUT2D eigenvalue weighted by molar-refractivity contribution is 5.85. The summed E-state index contributed by atoms with van der Waals surface area (Å²) in [6.07, 6.45) is 0.490. The van der Waals surface area contributed by atoms with Crippen LogP contribution in [0.3, 0.4) is 0 Å². The maximum absolute atomic E-state index is 11.8. The van der Waals surface area contributed by atoms with Crippen LogP contribution >= 0.6 is 0 Å². The van der Waals surface area contributed by atoms with Gasteiger partial charge in [-0.05, 0) is 19.9 Å². The lowest BCUT2D eigenvalue weighted by Crippen LogP contribution is -2.49. The van der Waals surface area contributed by atoms with Crippen LogP contribution in [0.1, 0.15) is 31.9 Å². The Labute approximate surface area is 109 Å². The van der Waals surface area contributed by atoms with Crippen LogP contribution < -0.4 is 0 Å². The number of carbonyl (C=O) groups excluding carboxylic acids is 1. The van der Waals surface area contributed by atoms with Crippen molar-refractivity contribution in [1.29, 1.82) is 0 Å². The lowest BCUT2D eigenvalue weighted by molar-refractivity contribution is -0.386. The van der Waals surface area contributed by atoms with E-state index in [1.165, 1.54) is 12.3 Å². The molecule has 0 amide bonds. The van der Waals surface area contributed by atoms with Crippen molar-refractivity contribution in [3.63, 3.8) is 0 Å². The average Bonchev–Trinajstić information content (AvgIpc) is 2.35. The van der Waals surface area contributed by atoms with Crippen molar-refractivity contribution in [2.75, 3.05) is 0 Å². The van der Waals surface area contributed by atoms with Crippen LogP contribution in [0, 0.1) is 10.1 Å². The molecule has 2 rings (SSSR count). The minimum absolute atomic E-state index is 0.0878. The number of nitrogens with zero attached hydrogens (tertiary/aromatic N) is 2. The highest BCUT2D eigenvalue weighted by Gasteiger charge is 2.44. The Morgan fingerprint density at radius 2 is 2.26 bits per heavy atom. The number of aliphatic hydroxyl groups is 1. The van der Waals surface area contributed by atoms with E-state index in [0.29, 0.717) is 5.56 Å². The van der Waals surface area contributed by atoms with Crippen LogP contribution in [0.2, 0.25) is 0 Å². The molecular formula is C12H14N2O5. The first-order valence-corrected chi connectivity index (χ1v) is 5.80. The molecule has 1 fully saturated rings. The zero-order valence-electron chi connectivity index (χ0n) is 10.6. The summed E-state index contributed by atoms with van der Waals surface area (Å²) in [6.45, 7) is 3.16. The van der Waals surface area contributed by atoms with Gasteiger partial charge in [-0.15, -0.1) is 0 Å². The predicted octanol–water partition coefficient (Wildman–Crippen LogP) is 1.16. The summed E-state index contributed by atoms with van der Waals surface area (Å²) in [6, 6.07) is 1.46. The van der Waals surface area contributed by atoms with Crippen molar-refractivity contribution >= 4 is 11.5 Å². The number of ether oxygens (including phenoxy) is 1. The standard InChI is InChI=1S/C12H14N2O5/c1-12(2)11(16)9(15)5-10(19-12)7-3-4-13-6-8(7)14(17)18/h3-4,6,10-11,16H,5H2,1-2H3/t10-,11-/m1/s1. The molecular weight excluding hydrogens is 252 g/mol. The highest BCUT2D eigenvalue weighted by Crippen LogP contribution is 2.38. The van der Waals surface area contributed by atoms with Gasteiger partial charge in [0.15, 0.2) is 5.78 Å². The minimum Gasteiger partial charge on any atom is -0.382 e. The van der Waals surface area contributed by atoms with E-state index in [1.807, 2.05) is 0 Å². The van der Waals surface area contributed by atoms with Crippen LogP contribution in [-0.2, 0) is 9.53 Å². The molecule has 0 saturated carbocycles. The Bertz CT molecular complexity index is 529. The zero-order chi connectivity index (χ0) is 14.2. The molecule has 1 aliphatic rings. The molecule has 7 heteroatoms. The van der Waals surface area contributed by atoms with E-state index in [0.717, 1.165) is 6.20 Å². The maximum atomic E-state index is 11.8. The molecule has 102 valence electrons. The fourth-order valence-electron chi connectivity index (χ4n) is 2.15. The van der Waals surface area contributed by atoms with Gasteiger partial charge in [-0.2, -0.15) is 0 Å². The summed E-state index contributed by atoms with van der Waals surface area (Å²) in [7, 11) is 0. The normalized spacial score (nSPS) is 26.2. The van der Waals surface area contributed by atoms with Gasteiger partial charge < -0.3 is 9.84 Å². The van der Waals surface area contributed by atoms with Crippen molar-refractivity contribution in [3.05, 3.63) is 34.1 Å². The van der Waals surface area contributed by atoms with Gasteiger partial charge in [0.05, 0.1) is 22.2 Å². The van der Waals surface area contributed by atoms with Gasteiger partial charge in [-0.25, -0.2) is 0 Å². The second kappa shape index (κ2) is 4.67. The van der Waals surface area contributed by atoms with E-state index in [2.05, 4.69) is 4.98 Å². The number of hydrogen-bond acceptors (Lipinski definition) is 6. The SMILES string of the molecule is CC1(C)O[C@@H](c2ccncc2[N+](=O)[O-])CC(=O)[C@H]1O. The van der Waals surface area contributed by atoms with Gasteiger partial charge in [0.2, 0.25) is 0 Å². The summed E-state index contributed by atoms with van der Waals surface area (Å²) >= 11 is 0. The molecule has 0 aliphatic carbocycles. The number of aliphatic hydroxyl groups excluding tert-OH is 1. The lowest BCUT2D eigenvalue weighted by Gasteiger charge is -2.38. The second-order valence-electron chi connectivity index (χ2n) is 4.97. The number of pyridine rings is 1. The van der Waals surface area contributed by atoms with Crippen molar-refractivity contribution in [2.24, 2.45) is 0 Å². The lowest BCUT2D eigenvalue weighted by atomic mass is 9.88. The van der Waals surface area contributed by atoms with Gasteiger partial charge in [0, 0.05) is 12.6 Å². The molecule has 19 heavy (non-hydrogen) atoms. The summed E-state index contributed by atoms with van der Waals surface area (Å²) in [5.74, 6) is -0.382. The summed E-state index contributed by atoms with van der Waals surface area (Å²) in [5, 5.41) is 20.7. The Kier molecular flexibility index (Phi) is 3.34. The molecule has 0 bridgehead atoms. The number of aromatic nitrogens is 1. The Balaban J connectivity index is 2.38. The van der Waals surface area contributed by atoms with E-state index in [9.17, 15) is 20.0 Å². The van der Waals surface area contributed by atoms with Gasteiger partial charge >= 0.3 is 0 Å². The third-order valence-corrected chi connectivity index (χ3v) is 3.17. The smallest absolute Gasteiger partial charge is 0.293 e. The molecule has 0 unspecified atom stereocenters. The molecule has 2 heterocycles. The summed E-state index contributed by atoms with van der Waals surface area (Å²) < 4.78 is 5.63. The number of rotatable bonds is 2. The summed E-state index contributed by atoms with van der Waals surface area (Å²) in [4.78, 5) is 25.8. The third-order valence-electron chi connectivity index (χ3n) is 3.17. The molecule has 1 saturated heterocycles. The van der Waals surface area contributed by atoms with Gasteiger partial charge in [0.1, 0.15) is 12.3 Å². The topological polar surface area (TPSA) is 103 Å². The molecule has 2 atom stereocenters. The number of carbonyl (C=O) groups is 1. The average molecular weight is 266 g/mol. The van der Waals surface area contributed by atoms with Gasteiger partial charge in [-0.3, -0.25) is 19.9 Å². The van der Waals surface area contributed by atoms with E-state index in [1.54, 1.807) is 13.8 Å². The number of ketones is 1. The zero-order valence-corrected chi connectivity index (χ0v) is 10.6. The Morgan fingerprint density at radius 3 is 2.84 bits per heavy atom. The van der Waals surface area contributed by atoms with Crippen LogP contribution in [0.5, 0.6) is 0 Å². The van der Waals surface area contributed by atoms with Crippen molar-refractivity contribution in [1.82, 2.24) is 4.98 Å². The quantitative estimate of drug-likeness (QED) is 0.636. The van der Waals surface area contributed by atoms with Crippen LogP contribution in [0.15, 0.2) is 18.5 Å². The first kappa shape index (κ1) is 13.6. The highest BCUT2D eigenvalue weighted by atomic mass is 16.6. The number of nitro groups is 1. The van der Waals surface area contributed by atoms with Crippen LogP contribution in [0.25, 0.3) is 0 Å². The van der Waals surface area contributed by atoms with Crippen molar-refractivity contribution < 1.29 is 19.6 Å². The van der Waals surface area contributed by atoms with E-state index in [-0.39, 0.29) is 17.9 Å². The first-order chi connectivity index (χ1) is 8.83. The second-order valence-corrected chi connectivity index (χ2v) is 4.97. The van der Waals surface area contributed by atoms with Gasteiger partial charge in [0.25, 0.3) is 5.69 Å². The number of Topliss-reactive ketones (excluding diaryl/α,β-unsaturated/α-hetero) is 1. The summed E-state index contributed by atoms with van der Waals surface area (Å²) in [5.41, 5.74) is -0.960. The Hall–Kier alpha value is -1.86. The molecule has 1 aromatic heterocycles. The van der Waals surface area contributed by atoms with E-state index in [4.69, 9.17) is 4.74 Å². The third kappa shape index (κ3) is 2.47. The fraction of sp³-hybridized carbons (Fsp3) is 0.500. The molecule has 0 aromatic carbocycles. The largest absolute Gasteiger partial charge is 0.382 e. The van der Waals surface area contributed by atoms with Crippen LogP contribution in [-0.4, -0.2) is 32.5 Å². The van der Waals surface area contributed by atoms with Gasteiger partial charge in [-0.1, -0.05) is 0 Å². The molecule has 7 nitrogen and oxygen atoms in total. The number of hydrogen-bond donors (Lipinski definition) is 1. The molecule has 1 aromatic rings. The minimum atomic E-state index is -1.22. The monoisotopic (exact) mass is 266 g/mol. The van der Waals surface area contributed by atoms with E-state index >= 15 is 0 Å². The van der Waals surface area contributed by atoms with Crippen molar-refractivity contribution in [2.45, 2.75) is 38.1 Å². The van der Waals surface area contributed by atoms with Crippen molar-refractivity contribution in [3.8, 4) is 0 Å². The van der Waals surface area contributed by atoms with Crippen LogP contribution in [0.4, 0.5) is 5.69 Å². The molecule has 1 N–H and O–H groups in total. The molecule has 0 radical (unpaired) electrons. The maximum Gasteiger partial charge on any atom is 0.293 e. The molecule has 1 aliphatic heterocycles. The first-order valence-electron chi connectivity index (χ1n) is 5.80. The van der Waals surface area contributed by atoms with E-state index < -0.39 is 22.7 Å². The Morgan fingerprint density at radius 1 is 1.58 bits per heavy atom.